The van der Waals surface area contributed by atoms with Crippen LogP contribution in [0.15, 0.2) is 40.7 Å². The number of nitrogens with one attached hydrogen (secondary N) is 3. The monoisotopic (exact) mass is 488 g/mol. The quantitative estimate of drug-likeness (QED) is 0.243. The molecule has 0 unspecified atom stereocenters. The van der Waals surface area contributed by atoms with E-state index in [1.54, 1.807) is 43.7 Å². The van der Waals surface area contributed by atoms with E-state index in [2.05, 4.69) is 39.3 Å². The van der Waals surface area contributed by atoms with Crippen LogP contribution in [0.4, 0.5) is 0 Å². The van der Waals surface area contributed by atoms with E-state index in [1.807, 2.05) is 6.07 Å². The Morgan fingerprint density at radius 2 is 1.96 bits per heavy atom. The molecule has 1 aromatic carbocycles. The van der Waals surface area contributed by atoms with Crippen LogP contribution >= 0.6 is 35.3 Å². The van der Waals surface area contributed by atoms with Gasteiger partial charge in [-0.1, -0.05) is 6.07 Å². The molecule has 26 heavy (non-hydrogen) atoms. The summed E-state index contributed by atoms with van der Waals surface area (Å²) in [5.74, 6) is 1.25. The summed E-state index contributed by atoms with van der Waals surface area (Å²) in [6.45, 7) is 3.91. The van der Waals surface area contributed by atoms with E-state index in [9.17, 15) is 4.79 Å². The standard InChI is InChI=1S/C18H24N4O2S.HI/c1-13-7-10-25-16(13)12-22-18(19-2)21-9-8-20-17(23)14-5-4-6-15(11-14)24-3;/h4-7,10-11H,8-9,12H2,1-3H3,(H,20,23)(H2,19,21,22);1H. The third-order valence-electron chi connectivity index (χ3n) is 3.64. The smallest absolute Gasteiger partial charge is 0.251 e. The summed E-state index contributed by atoms with van der Waals surface area (Å²) >= 11 is 1.72. The summed E-state index contributed by atoms with van der Waals surface area (Å²) in [5.41, 5.74) is 1.86. The molecule has 0 fully saturated rings. The van der Waals surface area contributed by atoms with Gasteiger partial charge in [-0.2, -0.15) is 0 Å². The van der Waals surface area contributed by atoms with E-state index in [0.717, 1.165) is 6.54 Å². The molecule has 0 aliphatic carbocycles. The van der Waals surface area contributed by atoms with E-state index < -0.39 is 0 Å². The van der Waals surface area contributed by atoms with Crippen molar-refractivity contribution >= 4 is 47.2 Å². The zero-order chi connectivity index (χ0) is 18.1. The van der Waals surface area contributed by atoms with E-state index >= 15 is 0 Å². The fourth-order valence-electron chi connectivity index (χ4n) is 2.19. The van der Waals surface area contributed by atoms with Crippen LogP contribution < -0.4 is 20.7 Å². The summed E-state index contributed by atoms with van der Waals surface area (Å²) in [7, 11) is 3.31. The summed E-state index contributed by atoms with van der Waals surface area (Å²) in [6.07, 6.45) is 0. The number of hydrogen-bond acceptors (Lipinski definition) is 4. The van der Waals surface area contributed by atoms with E-state index in [-0.39, 0.29) is 29.9 Å². The molecule has 1 heterocycles. The first-order chi connectivity index (χ1) is 12.1. The first-order valence-electron chi connectivity index (χ1n) is 8.03. The topological polar surface area (TPSA) is 74.8 Å². The van der Waals surface area contributed by atoms with Crippen molar-refractivity contribution in [3.05, 3.63) is 51.7 Å². The minimum Gasteiger partial charge on any atom is -0.497 e. The summed E-state index contributed by atoms with van der Waals surface area (Å²) in [4.78, 5) is 17.6. The van der Waals surface area contributed by atoms with Gasteiger partial charge in [0.25, 0.3) is 5.91 Å². The molecule has 3 N–H and O–H groups in total. The van der Waals surface area contributed by atoms with Gasteiger partial charge in [-0.15, -0.1) is 35.3 Å². The summed E-state index contributed by atoms with van der Waals surface area (Å²) in [6, 6.07) is 9.18. The lowest BCUT2D eigenvalue weighted by molar-refractivity contribution is 0.0954. The molecule has 0 atom stereocenters. The van der Waals surface area contributed by atoms with Crippen molar-refractivity contribution in [1.29, 1.82) is 0 Å². The predicted molar refractivity (Wildman–Crippen MR) is 118 cm³/mol. The number of carbonyl (C=O) groups is 1. The number of aliphatic imine (C=N–C) groups is 1. The number of carbonyl (C=O) groups excluding carboxylic acids is 1. The Morgan fingerprint density at radius 1 is 1.19 bits per heavy atom. The number of guanidine groups is 1. The first kappa shape index (κ1) is 22.2. The van der Waals surface area contributed by atoms with Gasteiger partial charge in [0.15, 0.2) is 5.96 Å². The van der Waals surface area contributed by atoms with Gasteiger partial charge in [-0.25, -0.2) is 0 Å². The fraction of sp³-hybridized carbons (Fsp3) is 0.333. The van der Waals surface area contributed by atoms with E-state index in [4.69, 9.17) is 4.74 Å². The Bertz CT molecular complexity index is 733. The van der Waals surface area contributed by atoms with E-state index in [0.29, 0.717) is 30.4 Å². The van der Waals surface area contributed by atoms with Gasteiger partial charge in [-0.3, -0.25) is 9.79 Å². The Balaban J connectivity index is 0.00000338. The number of halogens is 1. The second kappa shape index (κ2) is 11.7. The lowest BCUT2D eigenvalue weighted by atomic mass is 10.2. The Hall–Kier alpha value is -1.81. The second-order valence-corrected chi connectivity index (χ2v) is 6.37. The molecule has 1 aromatic heterocycles. The highest BCUT2D eigenvalue weighted by Crippen LogP contribution is 2.14. The van der Waals surface area contributed by atoms with Crippen molar-refractivity contribution in [2.24, 2.45) is 4.99 Å². The van der Waals surface area contributed by atoms with Crippen LogP contribution in [0.5, 0.6) is 5.75 Å². The van der Waals surface area contributed by atoms with Crippen molar-refractivity contribution in [3.63, 3.8) is 0 Å². The van der Waals surface area contributed by atoms with Crippen LogP contribution in [-0.2, 0) is 6.54 Å². The van der Waals surface area contributed by atoms with Gasteiger partial charge in [0.2, 0.25) is 0 Å². The molecular weight excluding hydrogens is 463 g/mol. The van der Waals surface area contributed by atoms with Gasteiger partial charge >= 0.3 is 0 Å². The van der Waals surface area contributed by atoms with Gasteiger partial charge < -0.3 is 20.7 Å². The number of aryl methyl sites for hydroxylation is 1. The highest BCUT2D eigenvalue weighted by atomic mass is 127. The molecule has 2 rings (SSSR count). The Labute approximate surface area is 175 Å². The van der Waals surface area contributed by atoms with Crippen molar-refractivity contribution in [2.45, 2.75) is 13.5 Å². The highest BCUT2D eigenvalue weighted by Gasteiger charge is 2.06. The van der Waals surface area contributed by atoms with Gasteiger partial charge in [0.05, 0.1) is 13.7 Å². The first-order valence-corrected chi connectivity index (χ1v) is 8.91. The largest absolute Gasteiger partial charge is 0.497 e. The number of thiophene rings is 1. The molecule has 2 aromatic rings. The second-order valence-electron chi connectivity index (χ2n) is 5.37. The zero-order valence-corrected chi connectivity index (χ0v) is 18.3. The molecule has 6 nitrogen and oxygen atoms in total. The molecule has 0 aliphatic heterocycles. The SMILES string of the molecule is CN=C(NCCNC(=O)c1cccc(OC)c1)NCc1sccc1C.I. The number of rotatable bonds is 7. The normalized spacial score (nSPS) is 10.7. The van der Waals surface area contributed by atoms with Crippen LogP contribution in [-0.4, -0.2) is 39.1 Å². The fourth-order valence-corrected chi connectivity index (χ4v) is 3.04. The highest BCUT2D eigenvalue weighted by molar-refractivity contribution is 14.0. The Kier molecular flexibility index (Phi) is 10.0. The number of methoxy groups -OCH3 is 1. The molecular formula is C18H25IN4O2S. The Morgan fingerprint density at radius 3 is 2.62 bits per heavy atom. The molecule has 1 amide bonds. The maximum Gasteiger partial charge on any atom is 0.251 e. The molecule has 142 valence electrons. The van der Waals surface area contributed by atoms with Crippen LogP contribution in [0.3, 0.4) is 0 Å². The van der Waals surface area contributed by atoms with Crippen LogP contribution in [0.2, 0.25) is 0 Å². The summed E-state index contributed by atoms with van der Waals surface area (Å²) < 4.78 is 5.13. The molecule has 0 bridgehead atoms. The summed E-state index contributed by atoms with van der Waals surface area (Å²) in [5, 5.41) is 11.4. The molecule has 0 spiro atoms. The van der Waals surface area contributed by atoms with Crippen molar-refractivity contribution in [1.82, 2.24) is 16.0 Å². The molecule has 0 radical (unpaired) electrons. The average molecular weight is 488 g/mol. The van der Waals surface area contributed by atoms with E-state index in [1.165, 1.54) is 10.4 Å². The van der Waals surface area contributed by atoms with Crippen LogP contribution in [0.1, 0.15) is 20.8 Å². The minimum absolute atomic E-state index is 0. The average Bonchev–Trinajstić information content (AvgIpc) is 3.06. The van der Waals surface area contributed by atoms with Gasteiger partial charge in [0, 0.05) is 30.6 Å². The van der Waals surface area contributed by atoms with Crippen molar-refractivity contribution in [3.8, 4) is 5.75 Å². The molecule has 8 heteroatoms. The number of benzene rings is 1. The minimum atomic E-state index is -0.127. The zero-order valence-electron chi connectivity index (χ0n) is 15.2. The van der Waals surface area contributed by atoms with Crippen LogP contribution in [0, 0.1) is 6.92 Å². The van der Waals surface area contributed by atoms with Crippen molar-refractivity contribution < 1.29 is 9.53 Å². The maximum atomic E-state index is 12.1. The van der Waals surface area contributed by atoms with Crippen LogP contribution in [0.25, 0.3) is 0 Å². The molecule has 0 saturated heterocycles. The third-order valence-corrected chi connectivity index (χ3v) is 4.67. The number of amides is 1. The number of hydrogen-bond donors (Lipinski definition) is 3. The molecule has 0 saturated carbocycles. The van der Waals surface area contributed by atoms with Crippen molar-refractivity contribution in [2.75, 3.05) is 27.2 Å². The predicted octanol–water partition coefficient (Wildman–Crippen LogP) is 2.78. The third kappa shape index (κ3) is 6.83. The maximum absolute atomic E-state index is 12.1. The number of nitrogens with zero attached hydrogens (tertiary/aromatic N) is 1. The number of ether oxygens (including phenoxy) is 1. The lowest BCUT2D eigenvalue weighted by Crippen LogP contribution is -2.41. The van der Waals surface area contributed by atoms with Gasteiger partial charge in [-0.05, 0) is 42.1 Å². The van der Waals surface area contributed by atoms with Gasteiger partial charge in [0.1, 0.15) is 5.75 Å². The molecule has 0 aliphatic rings. The lowest BCUT2D eigenvalue weighted by Gasteiger charge is -2.12.